The van der Waals surface area contributed by atoms with Crippen molar-refractivity contribution in [3.8, 4) is 5.75 Å². The number of quaternary nitrogens is 1. The van der Waals surface area contributed by atoms with Gasteiger partial charge in [-0.05, 0) is 18.6 Å². The van der Waals surface area contributed by atoms with Crippen molar-refractivity contribution >= 4 is 0 Å². The Balaban J connectivity index is 1.74. The maximum absolute atomic E-state index is 5.92. The van der Waals surface area contributed by atoms with Gasteiger partial charge in [0.1, 0.15) is 12.3 Å². The van der Waals surface area contributed by atoms with Crippen molar-refractivity contribution in [3.05, 3.63) is 29.8 Å². The van der Waals surface area contributed by atoms with Crippen molar-refractivity contribution in [2.45, 2.75) is 58.0 Å². The van der Waals surface area contributed by atoms with Crippen LogP contribution < -0.4 is 10.1 Å². The summed E-state index contributed by atoms with van der Waals surface area (Å²) in [6, 6.07) is 9.36. The third kappa shape index (κ3) is 4.69. The summed E-state index contributed by atoms with van der Waals surface area (Å²) in [4.78, 5) is 0. The summed E-state index contributed by atoms with van der Waals surface area (Å²) in [5, 5.41) is 2.44. The van der Waals surface area contributed by atoms with E-state index in [9.17, 15) is 0 Å². The predicted molar refractivity (Wildman–Crippen MR) is 74.7 cm³/mol. The lowest BCUT2D eigenvalue weighted by Gasteiger charge is -2.10. The van der Waals surface area contributed by atoms with E-state index in [2.05, 4.69) is 36.5 Å². The zero-order valence-corrected chi connectivity index (χ0v) is 11.5. The van der Waals surface area contributed by atoms with Crippen LogP contribution in [0.2, 0.25) is 0 Å². The first-order valence-corrected chi connectivity index (χ1v) is 7.44. The van der Waals surface area contributed by atoms with Crippen molar-refractivity contribution in [2.24, 2.45) is 0 Å². The van der Waals surface area contributed by atoms with E-state index in [1.165, 1.54) is 44.1 Å². The van der Waals surface area contributed by atoms with Crippen LogP contribution in [0.1, 0.15) is 51.0 Å². The minimum absolute atomic E-state index is 0.862. The molecule has 2 nitrogen and oxygen atoms in total. The molecule has 0 aromatic heterocycles. The van der Waals surface area contributed by atoms with Gasteiger partial charge in [-0.15, -0.1) is 0 Å². The molecule has 0 radical (unpaired) electrons. The van der Waals surface area contributed by atoms with Gasteiger partial charge in [0.2, 0.25) is 0 Å². The molecule has 0 heterocycles. The van der Waals surface area contributed by atoms with Gasteiger partial charge < -0.3 is 10.1 Å². The van der Waals surface area contributed by atoms with Crippen LogP contribution in [0.15, 0.2) is 24.3 Å². The molecule has 18 heavy (non-hydrogen) atoms. The molecule has 0 spiro atoms. The van der Waals surface area contributed by atoms with Crippen LogP contribution in [0.5, 0.6) is 5.75 Å². The maximum atomic E-state index is 5.92. The minimum Gasteiger partial charge on any atom is -0.493 e. The van der Waals surface area contributed by atoms with Crippen LogP contribution in [0.4, 0.5) is 0 Å². The van der Waals surface area contributed by atoms with E-state index in [4.69, 9.17) is 4.74 Å². The summed E-state index contributed by atoms with van der Waals surface area (Å²) in [6.07, 6.45) is 7.84. The van der Waals surface area contributed by atoms with E-state index in [0.29, 0.717) is 0 Å². The fraction of sp³-hybridized carbons (Fsp3) is 0.625. The average molecular weight is 248 g/mol. The van der Waals surface area contributed by atoms with E-state index in [-0.39, 0.29) is 0 Å². The van der Waals surface area contributed by atoms with Crippen LogP contribution >= 0.6 is 0 Å². The van der Waals surface area contributed by atoms with E-state index >= 15 is 0 Å². The Kier molecular flexibility index (Phi) is 5.53. The van der Waals surface area contributed by atoms with Crippen molar-refractivity contribution < 1.29 is 10.1 Å². The van der Waals surface area contributed by atoms with Gasteiger partial charge in [0.25, 0.3) is 0 Å². The maximum Gasteiger partial charge on any atom is 0.128 e. The molecular formula is C16H26NO+. The normalized spacial score (nSPS) is 14.7. The summed E-state index contributed by atoms with van der Waals surface area (Å²) in [7, 11) is 0. The van der Waals surface area contributed by atoms with Crippen LogP contribution in [0, 0.1) is 0 Å². The lowest BCUT2D eigenvalue weighted by atomic mass is 10.2. The number of ether oxygens (including phenoxy) is 1. The molecule has 0 unspecified atom stereocenters. The van der Waals surface area contributed by atoms with Gasteiger partial charge in [0.05, 0.1) is 12.6 Å². The Labute approximate surface area is 111 Å². The van der Waals surface area contributed by atoms with E-state index in [0.717, 1.165) is 24.9 Å². The molecule has 2 rings (SSSR count). The third-order valence-corrected chi connectivity index (χ3v) is 3.52. The predicted octanol–water partition coefficient (Wildman–Crippen LogP) is 2.87. The molecule has 0 saturated heterocycles. The quantitative estimate of drug-likeness (QED) is 0.668. The molecule has 1 aromatic rings. The highest BCUT2D eigenvalue weighted by Gasteiger charge is 2.25. The number of hydrogen-bond donors (Lipinski definition) is 1. The second-order valence-corrected chi connectivity index (χ2v) is 5.29. The SMILES string of the molecule is CCCCCCOc1ccccc1C[NH2+]C1CC1. The summed E-state index contributed by atoms with van der Waals surface area (Å²) in [5.41, 5.74) is 1.35. The van der Waals surface area contributed by atoms with Crippen LogP contribution in [0.25, 0.3) is 0 Å². The van der Waals surface area contributed by atoms with E-state index in [1.807, 2.05) is 0 Å². The zero-order valence-electron chi connectivity index (χ0n) is 11.5. The first-order chi connectivity index (χ1) is 8.90. The highest BCUT2D eigenvalue weighted by molar-refractivity contribution is 5.32. The molecule has 0 amide bonds. The van der Waals surface area contributed by atoms with Gasteiger partial charge in [-0.25, -0.2) is 0 Å². The molecule has 2 heteroatoms. The number of para-hydroxylation sites is 1. The van der Waals surface area contributed by atoms with Crippen molar-refractivity contribution in [2.75, 3.05) is 6.61 Å². The first kappa shape index (κ1) is 13.4. The summed E-state index contributed by atoms with van der Waals surface area (Å²) in [5.74, 6) is 1.09. The zero-order chi connectivity index (χ0) is 12.6. The summed E-state index contributed by atoms with van der Waals surface area (Å²) >= 11 is 0. The van der Waals surface area contributed by atoms with Gasteiger partial charge in [0, 0.05) is 18.4 Å². The molecule has 1 aromatic carbocycles. The van der Waals surface area contributed by atoms with Gasteiger partial charge >= 0.3 is 0 Å². The summed E-state index contributed by atoms with van der Waals surface area (Å²) in [6.45, 7) is 4.17. The lowest BCUT2D eigenvalue weighted by Crippen LogP contribution is -2.84. The molecule has 1 saturated carbocycles. The number of unbranched alkanes of at least 4 members (excludes halogenated alkanes) is 3. The summed E-state index contributed by atoms with van der Waals surface area (Å²) < 4.78 is 5.92. The molecule has 0 atom stereocenters. The van der Waals surface area contributed by atoms with E-state index in [1.54, 1.807) is 0 Å². The Morgan fingerprint density at radius 2 is 2.00 bits per heavy atom. The second-order valence-electron chi connectivity index (χ2n) is 5.29. The molecule has 2 N–H and O–H groups in total. The van der Waals surface area contributed by atoms with Crippen LogP contribution in [-0.4, -0.2) is 12.6 Å². The van der Waals surface area contributed by atoms with Crippen LogP contribution in [0.3, 0.4) is 0 Å². The third-order valence-electron chi connectivity index (χ3n) is 3.52. The Morgan fingerprint density at radius 3 is 2.78 bits per heavy atom. The van der Waals surface area contributed by atoms with Crippen LogP contribution in [-0.2, 0) is 6.54 Å². The fourth-order valence-electron chi connectivity index (χ4n) is 2.15. The number of benzene rings is 1. The number of nitrogens with two attached hydrogens (primary N) is 1. The number of hydrogen-bond acceptors (Lipinski definition) is 1. The van der Waals surface area contributed by atoms with E-state index < -0.39 is 0 Å². The Morgan fingerprint density at radius 1 is 1.17 bits per heavy atom. The molecule has 0 bridgehead atoms. The second kappa shape index (κ2) is 7.42. The molecular weight excluding hydrogens is 222 g/mol. The fourth-order valence-corrected chi connectivity index (χ4v) is 2.15. The Bertz CT molecular complexity index is 347. The van der Waals surface area contributed by atoms with Crippen molar-refractivity contribution in [1.82, 2.24) is 0 Å². The smallest absolute Gasteiger partial charge is 0.128 e. The van der Waals surface area contributed by atoms with Gasteiger partial charge in [-0.2, -0.15) is 0 Å². The molecule has 1 fully saturated rings. The van der Waals surface area contributed by atoms with Gasteiger partial charge in [-0.3, -0.25) is 0 Å². The van der Waals surface area contributed by atoms with Gasteiger partial charge in [0.15, 0.2) is 0 Å². The highest BCUT2D eigenvalue weighted by atomic mass is 16.5. The topological polar surface area (TPSA) is 25.8 Å². The standard InChI is InChI=1S/C16H25NO/c1-2-3-4-7-12-18-16-9-6-5-8-14(16)13-17-15-10-11-15/h5-6,8-9,15,17H,2-4,7,10-13H2,1H3/p+1. The van der Waals surface area contributed by atoms with Gasteiger partial charge in [-0.1, -0.05) is 38.3 Å². The van der Waals surface area contributed by atoms with Crippen molar-refractivity contribution in [1.29, 1.82) is 0 Å². The van der Waals surface area contributed by atoms with Crippen molar-refractivity contribution in [3.63, 3.8) is 0 Å². The molecule has 0 aliphatic heterocycles. The molecule has 100 valence electrons. The molecule has 1 aliphatic rings. The largest absolute Gasteiger partial charge is 0.493 e. The first-order valence-electron chi connectivity index (χ1n) is 7.44. The lowest BCUT2D eigenvalue weighted by molar-refractivity contribution is -0.683. The number of rotatable bonds is 9. The average Bonchev–Trinajstić information content (AvgIpc) is 3.21. The Hall–Kier alpha value is -1.02. The monoisotopic (exact) mass is 248 g/mol. The minimum atomic E-state index is 0.862. The highest BCUT2D eigenvalue weighted by Crippen LogP contribution is 2.19. The molecule has 1 aliphatic carbocycles.